The Balaban J connectivity index is 1.66. The van der Waals surface area contributed by atoms with Gasteiger partial charge in [0.05, 0.1) is 18.4 Å². The van der Waals surface area contributed by atoms with Gasteiger partial charge < -0.3 is 4.90 Å². The Hall–Kier alpha value is -3.05. The van der Waals surface area contributed by atoms with Crippen molar-refractivity contribution in [2.75, 3.05) is 4.90 Å². The monoisotopic (exact) mass is 345 g/mol. The van der Waals surface area contributed by atoms with Crippen molar-refractivity contribution >= 4 is 34.9 Å². The molecule has 4 nitrogen and oxygen atoms in total. The Morgan fingerprint density at radius 1 is 1.00 bits per heavy atom. The largest absolute Gasteiger partial charge is 0.302 e. The van der Waals surface area contributed by atoms with Gasteiger partial charge in [0.2, 0.25) is 0 Å². The molecule has 5 heteroatoms. The molecule has 1 aromatic heterocycles. The van der Waals surface area contributed by atoms with E-state index in [1.807, 2.05) is 71.4 Å². The molecule has 0 bridgehead atoms. The topological polar surface area (TPSA) is 45.0 Å². The van der Waals surface area contributed by atoms with Crippen LogP contribution in [0.5, 0.6) is 0 Å². The maximum absolute atomic E-state index is 12.9. The second-order valence-electron chi connectivity index (χ2n) is 5.64. The molecule has 1 aliphatic rings. The third-order valence-electron chi connectivity index (χ3n) is 3.99. The molecule has 0 unspecified atom stereocenters. The Kier molecular flexibility index (Phi) is 4.23. The number of fused-ring (bicyclic) bond motifs is 1. The number of carbonyl (C=O) groups is 1. The molecule has 4 rings (SSSR count). The summed E-state index contributed by atoms with van der Waals surface area (Å²) >= 11 is 1.60. The normalized spacial score (nSPS) is 15.3. The molecule has 0 radical (unpaired) electrons. The summed E-state index contributed by atoms with van der Waals surface area (Å²) in [6, 6.07) is 19.6. The van der Waals surface area contributed by atoms with E-state index in [1.165, 1.54) is 0 Å². The number of hydrogen-bond acceptors (Lipinski definition) is 4. The second kappa shape index (κ2) is 6.83. The molecule has 1 aliphatic heterocycles. The third kappa shape index (κ3) is 3.14. The summed E-state index contributed by atoms with van der Waals surface area (Å²) in [5.74, 6) is -0.118. The van der Waals surface area contributed by atoms with Crippen LogP contribution in [0.2, 0.25) is 0 Å². The SMILES string of the molecule is O=C1/C(=N\N=C/c2ccsc2)c2ccccc2N1Cc1ccccc1. The quantitative estimate of drug-likeness (QED) is 0.518. The summed E-state index contributed by atoms with van der Waals surface area (Å²) in [6.07, 6.45) is 1.67. The van der Waals surface area contributed by atoms with Crippen LogP contribution >= 0.6 is 11.3 Å². The Morgan fingerprint density at radius 2 is 1.80 bits per heavy atom. The molecule has 0 saturated carbocycles. The van der Waals surface area contributed by atoms with Crippen molar-refractivity contribution in [1.29, 1.82) is 0 Å². The van der Waals surface area contributed by atoms with Crippen LogP contribution in [0.1, 0.15) is 16.7 Å². The van der Waals surface area contributed by atoms with Gasteiger partial charge in [0.25, 0.3) is 5.91 Å². The molecule has 25 heavy (non-hydrogen) atoms. The lowest BCUT2D eigenvalue weighted by molar-refractivity contribution is -0.112. The van der Waals surface area contributed by atoms with Crippen LogP contribution in [-0.2, 0) is 11.3 Å². The van der Waals surface area contributed by atoms with E-state index in [0.717, 1.165) is 22.4 Å². The minimum absolute atomic E-state index is 0.118. The average Bonchev–Trinajstić information content (AvgIpc) is 3.25. The fraction of sp³-hybridized carbons (Fsp3) is 0.0500. The van der Waals surface area contributed by atoms with E-state index in [-0.39, 0.29) is 5.91 Å². The van der Waals surface area contributed by atoms with E-state index >= 15 is 0 Å². The number of amides is 1. The molecule has 1 amide bonds. The van der Waals surface area contributed by atoms with Gasteiger partial charge in [-0.3, -0.25) is 4.79 Å². The molecule has 0 N–H and O–H groups in total. The van der Waals surface area contributed by atoms with Crippen LogP contribution in [0.4, 0.5) is 5.69 Å². The number of hydrogen-bond donors (Lipinski definition) is 0. The fourth-order valence-corrected chi connectivity index (χ4v) is 3.39. The number of thiophene rings is 1. The standard InChI is InChI=1S/C20H15N3OS/c24-20-19(22-21-12-16-10-11-25-14-16)17-8-4-5-9-18(17)23(20)13-15-6-2-1-3-7-15/h1-12,14H,13H2/b21-12-,22-19-. The van der Waals surface area contributed by atoms with Crippen LogP contribution in [-0.4, -0.2) is 17.8 Å². The van der Waals surface area contributed by atoms with Crippen LogP contribution in [0.25, 0.3) is 0 Å². The molecule has 3 aromatic rings. The summed E-state index contributed by atoms with van der Waals surface area (Å²) in [6.45, 7) is 0.518. The van der Waals surface area contributed by atoms with Crippen molar-refractivity contribution in [2.45, 2.75) is 6.54 Å². The van der Waals surface area contributed by atoms with Crippen LogP contribution < -0.4 is 4.90 Å². The third-order valence-corrected chi connectivity index (χ3v) is 4.69. The lowest BCUT2D eigenvalue weighted by Crippen LogP contribution is -2.29. The molecule has 0 spiro atoms. The molecule has 2 heterocycles. The number of carbonyl (C=O) groups excluding carboxylic acids is 1. The van der Waals surface area contributed by atoms with Crippen molar-refractivity contribution in [3.63, 3.8) is 0 Å². The molecular weight excluding hydrogens is 330 g/mol. The first kappa shape index (κ1) is 15.5. The molecule has 2 aromatic carbocycles. The van der Waals surface area contributed by atoms with Crippen LogP contribution in [0.3, 0.4) is 0 Å². The van der Waals surface area contributed by atoms with Gasteiger partial charge in [-0.2, -0.15) is 16.4 Å². The fourth-order valence-electron chi connectivity index (χ4n) is 2.78. The highest BCUT2D eigenvalue weighted by molar-refractivity contribution is 7.08. The number of para-hydroxylation sites is 1. The highest BCUT2D eigenvalue weighted by Gasteiger charge is 2.33. The van der Waals surface area contributed by atoms with E-state index in [0.29, 0.717) is 12.3 Å². The van der Waals surface area contributed by atoms with Gasteiger partial charge in [0.15, 0.2) is 5.71 Å². The number of rotatable bonds is 4. The van der Waals surface area contributed by atoms with E-state index in [4.69, 9.17) is 0 Å². The minimum atomic E-state index is -0.118. The van der Waals surface area contributed by atoms with E-state index in [2.05, 4.69) is 10.2 Å². The van der Waals surface area contributed by atoms with Crippen molar-refractivity contribution < 1.29 is 4.79 Å². The first-order valence-corrected chi connectivity index (χ1v) is 8.85. The highest BCUT2D eigenvalue weighted by atomic mass is 32.1. The minimum Gasteiger partial charge on any atom is -0.302 e. The van der Waals surface area contributed by atoms with Gasteiger partial charge in [-0.05, 0) is 28.5 Å². The average molecular weight is 345 g/mol. The summed E-state index contributed by atoms with van der Waals surface area (Å²) < 4.78 is 0. The maximum Gasteiger partial charge on any atom is 0.279 e. The van der Waals surface area contributed by atoms with E-state index in [1.54, 1.807) is 22.5 Å². The zero-order valence-electron chi connectivity index (χ0n) is 13.4. The van der Waals surface area contributed by atoms with Crippen molar-refractivity contribution in [1.82, 2.24) is 0 Å². The van der Waals surface area contributed by atoms with E-state index in [9.17, 15) is 4.79 Å². The molecule has 0 atom stereocenters. The van der Waals surface area contributed by atoms with Gasteiger partial charge in [-0.1, -0.05) is 48.5 Å². The predicted octanol–water partition coefficient (Wildman–Crippen LogP) is 4.12. The van der Waals surface area contributed by atoms with Gasteiger partial charge in [-0.25, -0.2) is 0 Å². The first-order chi connectivity index (χ1) is 12.3. The smallest absolute Gasteiger partial charge is 0.279 e. The molecule has 0 saturated heterocycles. The zero-order valence-corrected chi connectivity index (χ0v) is 14.2. The summed E-state index contributed by atoms with van der Waals surface area (Å²) in [7, 11) is 0. The molecule has 0 fully saturated rings. The molecular formula is C20H15N3OS. The number of benzene rings is 2. The number of anilines is 1. The zero-order chi connectivity index (χ0) is 17.1. The van der Waals surface area contributed by atoms with Crippen molar-refractivity contribution in [3.05, 3.63) is 88.1 Å². The maximum atomic E-state index is 12.9. The Bertz CT molecular complexity index is 946. The van der Waals surface area contributed by atoms with Gasteiger partial charge in [0, 0.05) is 11.1 Å². The van der Waals surface area contributed by atoms with Crippen LogP contribution in [0, 0.1) is 0 Å². The molecule has 0 aliphatic carbocycles. The Morgan fingerprint density at radius 3 is 2.60 bits per heavy atom. The summed E-state index contributed by atoms with van der Waals surface area (Å²) in [5.41, 5.74) is 4.15. The number of nitrogens with zero attached hydrogens (tertiary/aromatic N) is 3. The second-order valence-corrected chi connectivity index (χ2v) is 6.42. The van der Waals surface area contributed by atoms with Gasteiger partial charge >= 0.3 is 0 Å². The van der Waals surface area contributed by atoms with Crippen LogP contribution in [0.15, 0.2) is 81.6 Å². The molecule has 122 valence electrons. The van der Waals surface area contributed by atoms with E-state index < -0.39 is 0 Å². The van der Waals surface area contributed by atoms with Gasteiger partial charge in [-0.15, -0.1) is 5.10 Å². The highest BCUT2D eigenvalue weighted by Crippen LogP contribution is 2.30. The lowest BCUT2D eigenvalue weighted by atomic mass is 10.1. The van der Waals surface area contributed by atoms with Crippen molar-refractivity contribution in [3.8, 4) is 0 Å². The first-order valence-electron chi connectivity index (χ1n) is 7.91. The summed E-state index contributed by atoms with van der Waals surface area (Å²) in [5, 5.41) is 12.3. The Labute approximate surface area is 149 Å². The van der Waals surface area contributed by atoms with Crippen molar-refractivity contribution in [2.24, 2.45) is 10.2 Å². The predicted molar refractivity (Wildman–Crippen MR) is 103 cm³/mol. The lowest BCUT2D eigenvalue weighted by Gasteiger charge is -2.16. The van der Waals surface area contributed by atoms with Gasteiger partial charge in [0.1, 0.15) is 0 Å². The summed E-state index contributed by atoms with van der Waals surface area (Å²) in [4.78, 5) is 14.6.